The SMILES string of the molecule is CC(C)(C)OC(=O)N1CCC[C@H]1Cc1ccccc1O. The number of hydrogen-bond acceptors (Lipinski definition) is 3. The molecule has 1 amide bonds. The number of phenols is 1. The first-order valence-electron chi connectivity index (χ1n) is 7.13. The molecule has 1 aliphatic heterocycles. The van der Waals surface area contributed by atoms with E-state index >= 15 is 0 Å². The summed E-state index contributed by atoms with van der Waals surface area (Å²) < 4.78 is 5.44. The van der Waals surface area contributed by atoms with E-state index in [1.54, 1.807) is 17.0 Å². The van der Waals surface area contributed by atoms with Gasteiger partial charge in [0.25, 0.3) is 0 Å². The molecule has 0 saturated carbocycles. The minimum atomic E-state index is -0.473. The van der Waals surface area contributed by atoms with Crippen molar-refractivity contribution in [3.8, 4) is 5.75 Å². The van der Waals surface area contributed by atoms with Crippen molar-refractivity contribution in [1.82, 2.24) is 4.90 Å². The van der Waals surface area contributed by atoms with E-state index in [4.69, 9.17) is 4.74 Å². The van der Waals surface area contributed by atoms with Crippen LogP contribution in [0.5, 0.6) is 5.75 Å². The number of nitrogens with zero attached hydrogens (tertiary/aromatic N) is 1. The van der Waals surface area contributed by atoms with Gasteiger partial charge >= 0.3 is 6.09 Å². The highest BCUT2D eigenvalue weighted by Gasteiger charge is 2.32. The Morgan fingerprint density at radius 2 is 2.10 bits per heavy atom. The number of likely N-dealkylation sites (tertiary alicyclic amines) is 1. The van der Waals surface area contributed by atoms with E-state index < -0.39 is 5.60 Å². The predicted octanol–water partition coefficient (Wildman–Crippen LogP) is 3.33. The third-order valence-corrected chi connectivity index (χ3v) is 3.45. The molecule has 4 heteroatoms. The summed E-state index contributed by atoms with van der Waals surface area (Å²) >= 11 is 0. The molecular formula is C16H23NO3. The number of carbonyl (C=O) groups excluding carboxylic acids is 1. The fourth-order valence-corrected chi connectivity index (χ4v) is 2.55. The maximum atomic E-state index is 12.2. The summed E-state index contributed by atoms with van der Waals surface area (Å²) in [6, 6.07) is 7.40. The number of aromatic hydroxyl groups is 1. The van der Waals surface area contributed by atoms with Gasteiger partial charge in [0.1, 0.15) is 11.4 Å². The van der Waals surface area contributed by atoms with Crippen LogP contribution >= 0.6 is 0 Å². The first-order chi connectivity index (χ1) is 9.37. The highest BCUT2D eigenvalue weighted by atomic mass is 16.6. The lowest BCUT2D eigenvalue weighted by Gasteiger charge is -2.28. The summed E-state index contributed by atoms with van der Waals surface area (Å²) in [5.74, 6) is 0.295. The van der Waals surface area contributed by atoms with Gasteiger partial charge in [-0.05, 0) is 51.7 Å². The van der Waals surface area contributed by atoms with Gasteiger partial charge in [0.15, 0.2) is 0 Å². The molecule has 4 nitrogen and oxygen atoms in total. The van der Waals surface area contributed by atoms with Gasteiger partial charge in [0.2, 0.25) is 0 Å². The van der Waals surface area contributed by atoms with Crippen LogP contribution in [0.2, 0.25) is 0 Å². The van der Waals surface area contributed by atoms with Crippen molar-refractivity contribution in [1.29, 1.82) is 0 Å². The molecule has 110 valence electrons. The smallest absolute Gasteiger partial charge is 0.410 e. The quantitative estimate of drug-likeness (QED) is 0.902. The number of phenolic OH excluding ortho intramolecular Hbond substituents is 1. The molecule has 0 spiro atoms. The fourth-order valence-electron chi connectivity index (χ4n) is 2.55. The van der Waals surface area contributed by atoms with Crippen molar-refractivity contribution in [2.75, 3.05) is 6.54 Å². The molecule has 0 bridgehead atoms. The summed E-state index contributed by atoms with van der Waals surface area (Å²) in [4.78, 5) is 14.0. The molecule has 1 heterocycles. The molecule has 1 fully saturated rings. The van der Waals surface area contributed by atoms with Gasteiger partial charge in [0.05, 0.1) is 0 Å². The Balaban J connectivity index is 2.04. The Morgan fingerprint density at radius 1 is 1.40 bits per heavy atom. The van der Waals surface area contributed by atoms with Crippen molar-refractivity contribution in [3.63, 3.8) is 0 Å². The first kappa shape index (κ1) is 14.7. The minimum absolute atomic E-state index is 0.109. The first-order valence-corrected chi connectivity index (χ1v) is 7.13. The van der Waals surface area contributed by atoms with Crippen LogP contribution in [-0.4, -0.2) is 34.3 Å². The summed E-state index contributed by atoms with van der Waals surface area (Å²) in [5.41, 5.74) is 0.409. The van der Waals surface area contributed by atoms with Crippen molar-refractivity contribution < 1.29 is 14.6 Å². The molecule has 20 heavy (non-hydrogen) atoms. The molecule has 0 radical (unpaired) electrons. The average molecular weight is 277 g/mol. The highest BCUT2D eigenvalue weighted by Crippen LogP contribution is 2.26. The zero-order valence-corrected chi connectivity index (χ0v) is 12.4. The zero-order valence-electron chi connectivity index (χ0n) is 12.4. The monoisotopic (exact) mass is 277 g/mol. The summed E-state index contributed by atoms with van der Waals surface area (Å²) in [5, 5.41) is 9.85. The van der Waals surface area contributed by atoms with Crippen LogP contribution in [0.15, 0.2) is 24.3 Å². The number of amides is 1. The molecule has 0 aromatic heterocycles. The Hall–Kier alpha value is -1.71. The van der Waals surface area contributed by atoms with E-state index in [9.17, 15) is 9.90 Å². The zero-order chi connectivity index (χ0) is 14.8. The van der Waals surface area contributed by atoms with E-state index in [0.717, 1.165) is 24.9 Å². The van der Waals surface area contributed by atoms with E-state index in [1.165, 1.54) is 0 Å². The maximum Gasteiger partial charge on any atom is 0.410 e. The second kappa shape index (κ2) is 5.73. The average Bonchev–Trinajstić information content (AvgIpc) is 2.78. The largest absolute Gasteiger partial charge is 0.508 e. The van der Waals surface area contributed by atoms with Gasteiger partial charge in [0, 0.05) is 12.6 Å². The lowest BCUT2D eigenvalue weighted by Crippen LogP contribution is -2.40. The standard InChI is InChI=1S/C16H23NO3/c1-16(2,3)20-15(19)17-10-6-8-13(17)11-12-7-4-5-9-14(12)18/h4-5,7,9,13,18H,6,8,10-11H2,1-3H3/t13-/m0/s1. The Bertz CT molecular complexity index is 479. The van der Waals surface area contributed by atoms with Crippen molar-refractivity contribution in [2.45, 2.75) is 51.7 Å². The second-order valence-corrected chi connectivity index (χ2v) is 6.30. The number of benzene rings is 1. The maximum absolute atomic E-state index is 12.2. The van der Waals surface area contributed by atoms with Crippen LogP contribution in [0.4, 0.5) is 4.79 Å². The summed E-state index contributed by atoms with van der Waals surface area (Å²) in [6.45, 7) is 6.35. The number of ether oxygens (including phenoxy) is 1. The van der Waals surface area contributed by atoms with Gasteiger partial charge < -0.3 is 14.7 Å². The van der Waals surface area contributed by atoms with Crippen LogP contribution in [0.3, 0.4) is 0 Å². The third-order valence-electron chi connectivity index (χ3n) is 3.45. The molecule has 0 aliphatic carbocycles. The van der Waals surface area contributed by atoms with Crippen molar-refractivity contribution in [2.24, 2.45) is 0 Å². The summed E-state index contributed by atoms with van der Waals surface area (Å²) in [7, 11) is 0. The molecule has 1 N–H and O–H groups in total. The minimum Gasteiger partial charge on any atom is -0.508 e. The molecule has 0 unspecified atom stereocenters. The Kier molecular flexibility index (Phi) is 4.21. The van der Waals surface area contributed by atoms with Crippen LogP contribution in [0.1, 0.15) is 39.2 Å². The number of carbonyl (C=O) groups is 1. The highest BCUT2D eigenvalue weighted by molar-refractivity contribution is 5.69. The molecule has 1 atom stereocenters. The van der Waals surface area contributed by atoms with E-state index in [-0.39, 0.29) is 12.1 Å². The van der Waals surface area contributed by atoms with E-state index in [0.29, 0.717) is 12.2 Å². The van der Waals surface area contributed by atoms with Crippen LogP contribution in [0, 0.1) is 0 Å². The molecule has 1 saturated heterocycles. The fraction of sp³-hybridized carbons (Fsp3) is 0.562. The van der Waals surface area contributed by atoms with Gasteiger partial charge in [-0.15, -0.1) is 0 Å². The van der Waals surface area contributed by atoms with Crippen molar-refractivity contribution >= 4 is 6.09 Å². The topological polar surface area (TPSA) is 49.8 Å². The van der Waals surface area contributed by atoms with Crippen LogP contribution in [0.25, 0.3) is 0 Å². The van der Waals surface area contributed by atoms with Gasteiger partial charge in [-0.25, -0.2) is 4.79 Å². The number of rotatable bonds is 2. The summed E-state index contributed by atoms with van der Waals surface area (Å²) in [6.07, 6.45) is 2.35. The molecule has 1 aliphatic rings. The van der Waals surface area contributed by atoms with Gasteiger partial charge in [-0.3, -0.25) is 0 Å². The molecule has 1 aromatic rings. The van der Waals surface area contributed by atoms with Crippen LogP contribution in [-0.2, 0) is 11.2 Å². The Morgan fingerprint density at radius 3 is 2.75 bits per heavy atom. The second-order valence-electron chi connectivity index (χ2n) is 6.30. The molecule has 1 aromatic carbocycles. The van der Waals surface area contributed by atoms with Gasteiger partial charge in [-0.1, -0.05) is 18.2 Å². The van der Waals surface area contributed by atoms with Gasteiger partial charge in [-0.2, -0.15) is 0 Å². The normalized spacial score (nSPS) is 19.1. The lowest BCUT2D eigenvalue weighted by atomic mass is 10.0. The molecule has 2 rings (SSSR count). The lowest BCUT2D eigenvalue weighted by molar-refractivity contribution is 0.0226. The van der Waals surface area contributed by atoms with Crippen molar-refractivity contribution in [3.05, 3.63) is 29.8 Å². The number of para-hydroxylation sites is 1. The third kappa shape index (κ3) is 3.65. The Labute approximate surface area is 120 Å². The molecular weight excluding hydrogens is 254 g/mol. The van der Waals surface area contributed by atoms with Crippen LogP contribution < -0.4 is 0 Å². The predicted molar refractivity (Wildman–Crippen MR) is 77.8 cm³/mol. The number of hydrogen-bond donors (Lipinski definition) is 1. The van der Waals surface area contributed by atoms with E-state index in [2.05, 4.69) is 0 Å². The van der Waals surface area contributed by atoms with E-state index in [1.807, 2.05) is 32.9 Å².